The Kier molecular flexibility index (Phi) is 7.69. The van der Waals surface area contributed by atoms with E-state index in [0.29, 0.717) is 11.3 Å². The average molecular weight is 493 g/mol. The molecule has 0 aliphatic heterocycles. The van der Waals surface area contributed by atoms with E-state index >= 15 is 0 Å². The predicted octanol–water partition coefficient (Wildman–Crippen LogP) is 5.33. The molecule has 10 heteroatoms. The second kappa shape index (κ2) is 9.80. The third-order valence-corrected chi connectivity index (χ3v) is 4.33. The van der Waals surface area contributed by atoms with Crippen molar-refractivity contribution in [3.8, 4) is 5.75 Å². The van der Waals surface area contributed by atoms with E-state index in [1.54, 1.807) is 18.2 Å². The number of anilines is 1. The molecule has 0 radical (unpaired) electrons. The van der Waals surface area contributed by atoms with Crippen molar-refractivity contribution in [3.63, 3.8) is 0 Å². The van der Waals surface area contributed by atoms with Crippen LogP contribution in [0.3, 0.4) is 0 Å². The molecular weight excluding hydrogens is 479 g/mol. The fraction of sp³-hybridized carbons (Fsp3) is 0.158. The van der Waals surface area contributed by atoms with Gasteiger partial charge in [-0.15, -0.1) is 0 Å². The second-order valence-electron chi connectivity index (χ2n) is 5.54. The molecule has 0 fully saturated rings. The van der Waals surface area contributed by atoms with Crippen LogP contribution in [-0.2, 0) is 20.5 Å². The summed E-state index contributed by atoms with van der Waals surface area (Å²) in [6, 6.07) is 8.23. The molecule has 5 nitrogen and oxygen atoms in total. The molecule has 0 saturated carbocycles. The fourth-order valence-electron chi connectivity index (χ4n) is 2.24. The van der Waals surface area contributed by atoms with Gasteiger partial charge in [0, 0.05) is 16.1 Å². The monoisotopic (exact) mass is 491 g/mol. The first kappa shape index (κ1) is 22.8. The number of carbonyl (C=O) groups excluding carboxylic acids is 2. The number of para-hydroxylation sites is 1. The summed E-state index contributed by atoms with van der Waals surface area (Å²) in [5, 5.41) is 1.73. The van der Waals surface area contributed by atoms with Gasteiger partial charge in [0.1, 0.15) is 5.75 Å². The van der Waals surface area contributed by atoms with Crippen LogP contribution in [0.25, 0.3) is 6.08 Å². The minimum absolute atomic E-state index is 0.291. The lowest BCUT2D eigenvalue weighted by Crippen LogP contribution is -2.22. The minimum Gasteiger partial charge on any atom is -0.496 e. The number of methoxy groups -OCH3 is 1. The zero-order valence-electron chi connectivity index (χ0n) is 14.8. The maximum Gasteiger partial charge on any atom is 0.418 e. The number of ether oxygens (including phenoxy) is 2. The van der Waals surface area contributed by atoms with Crippen molar-refractivity contribution in [2.75, 3.05) is 19.0 Å². The standard InChI is InChI=1S/C19H14BrClF3NO4/c1-28-15-7-6-12(20)9-11(15)5-8-17(27)29-10-16(26)25-18-13(19(22,23)24)3-2-4-14(18)21/h2-9H,10H2,1H3,(H,25,26)/b8-5+. The molecule has 0 atom stereocenters. The van der Waals surface area contributed by atoms with E-state index in [2.05, 4.69) is 15.9 Å². The quantitative estimate of drug-likeness (QED) is 0.438. The van der Waals surface area contributed by atoms with E-state index in [1.807, 2.05) is 5.32 Å². The first-order valence-corrected chi connectivity index (χ1v) is 9.13. The number of carbonyl (C=O) groups is 2. The Morgan fingerprint density at radius 1 is 1.24 bits per heavy atom. The predicted molar refractivity (Wildman–Crippen MR) is 106 cm³/mol. The number of hydrogen-bond acceptors (Lipinski definition) is 4. The van der Waals surface area contributed by atoms with Crippen LogP contribution in [0.15, 0.2) is 46.9 Å². The van der Waals surface area contributed by atoms with Crippen LogP contribution < -0.4 is 10.1 Å². The highest BCUT2D eigenvalue weighted by molar-refractivity contribution is 9.10. The number of halogens is 5. The van der Waals surface area contributed by atoms with Gasteiger partial charge in [-0.2, -0.15) is 13.2 Å². The van der Waals surface area contributed by atoms with Gasteiger partial charge in [0.2, 0.25) is 0 Å². The smallest absolute Gasteiger partial charge is 0.418 e. The largest absolute Gasteiger partial charge is 0.496 e. The molecular formula is C19H14BrClF3NO4. The van der Waals surface area contributed by atoms with Gasteiger partial charge >= 0.3 is 12.1 Å². The van der Waals surface area contributed by atoms with Gasteiger partial charge in [0.15, 0.2) is 6.61 Å². The van der Waals surface area contributed by atoms with Crippen LogP contribution >= 0.6 is 27.5 Å². The van der Waals surface area contributed by atoms with E-state index < -0.39 is 35.9 Å². The summed E-state index contributed by atoms with van der Waals surface area (Å²) >= 11 is 9.04. The van der Waals surface area contributed by atoms with Crippen molar-refractivity contribution in [2.45, 2.75) is 6.18 Å². The Hall–Kier alpha value is -2.52. The summed E-state index contributed by atoms with van der Waals surface area (Å²) in [5.74, 6) is -1.32. The molecule has 0 heterocycles. The summed E-state index contributed by atoms with van der Waals surface area (Å²) in [6.07, 6.45) is -2.23. The van der Waals surface area contributed by atoms with Crippen LogP contribution in [0, 0.1) is 0 Å². The Morgan fingerprint density at radius 2 is 1.97 bits per heavy atom. The van der Waals surface area contributed by atoms with Crippen LogP contribution in [0.2, 0.25) is 5.02 Å². The maximum atomic E-state index is 13.0. The van der Waals surface area contributed by atoms with E-state index in [4.69, 9.17) is 21.1 Å². The molecule has 154 valence electrons. The fourth-order valence-corrected chi connectivity index (χ4v) is 2.84. The van der Waals surface area contributed by atoms with Gasteiger partial charge in [-0.05, 0) is 36.4 Å². The summed E-state index contributed by atoms with van der Waals surface area (Å²) in [4.78, 5) is 23.7. The van der Waals surface area contributed by atoms with Gasteiger partial charge in [0.25, 0.3) is 5.91 Å². The van der Waals surface area contributed by atoms with Crippen molar-refractivity contribution in [1.82, 2.24) is 0 Å². The zero-order chi connectivity index (χ0) is 21.6. The number of esters is 1. The van der Waals surface area contributed by atoms with Crippen LogP contribution in [0.1, 0.15) is 11.1 Å². The highest BCUT2D eigenvalue weighted by Crippen LogP contribution is 2.38. The number of alkyl halides is 3. The number of benzene rings is 2. The van der Waals surface area contributed by atoms with E-state index in [-0.39, 0.29) is 5.02 Å². The third kappa shape index (κ3) is 6.50. The Balaban J connectivity index is 2.00. The molecule has 0 spiro atoms. The Labute approximate surface area is 177 Å². The maximum absolute atomic E-state index is 13.0. The van der Waals surface area contributed by atoms with Crippen molar-refractivity contribution >= 4 is 51.2 Å². The molecule has 0 bridgehead atoms. The van der Waals surface area contributed by atoms with Gasteiger partial charge in [-0.3, -0.25) is 4.79 Å². The van der Waals surface area contributed by atoms with E-state index in [1.165, 1.54) is 19.3 Å². The summed E-state index contributed by atoms with van der Waals surface area (Å²) in [6.45, 7) is -0.790. The molecule has 0 saturated heterocycles. The number of amides is 1. The Morgan fingerprint density at radius 3 is 2.62 bits per heavy atom. The molecule has 0 aliphatic carbocycles. The first-order valence-electron chi connectivity index (χ1n) is 7.95. The Bertz CT molecular complexity index is 948. The molecule has 29 heavy (non-hydrogen) atoms. The van der Waals surface area contributed by atoms with Crippen molar-refractivity contribution in [3.05, 3.63) is 63.1 Å². The zero-order valence-corrected chi connectivity index (χ0v) is 17.2. The SMILES string of the molecule is COc1ccc(Br)cc1/C=C/C(=O)OCC(=O)Nc1c(Cl)cccc1C(F)(F)F. The molecule has 0 aliphatic rings. The van der Waals surface area contributed by atoms with Crippen LogP contribution in [0.4, 0.5) is 18.9 Å². The molecule has 0 unspecified atom stereocenters. The van der Waals surface area contributed by atoms with Crippen molar-refractivity contribution < 1.29 is 32.2 Å². The van der Waals surface area contributed by atoms with Gasteiger partial charge in [-0.25, -0.2) is 4.79 Å². The minimum atomic E-state index is -4.71. The summed E-state index contributed by atoms with van der Waals surface area (Å²) in [7, 11) is 1.47. The summed E-state index contributed by atoms with van der Waals surface area (Å²) in [5.41, 5.74) is -1.13. The average Bonchev–Trinajstić information content (AvgIpc) is 2.65. The molecule has 1 N–H and O–H groups in total. The summed E-state index contributed by atoms with van der Waals surface area (Å²) < 4.78 is 49.7. The second-order valence-corrected chi connectivity index (χ2v) is 6.86. The van der Waals surface area contributed by atoms with Gasteiger partial charge in [0.05, 0.1) is 23.4 Å². The van der Waals surface area contributed by atoms with E-state index in [9.17, 15) is 22.8 Å². The molecule has 0 aromatic heterocycles. The number of rotatable bonds is 6. The molecule has 1 amide bonds. The highest BCUT2D eigenvalue weighted by atomic mass is 79.9. The van der Waals surface area contributed by atoms with Crippen molar-refractivity contribution in [2.24, 2.45) is 0 Å². The number of hydrogen-bond donors (Lipinski definition) is 1. The molecule has 2 rings (SSSR count). The lowest BCUT2D eigenvalue weighted by atomic mass is 10.1. The third-order valence-electron chi connectivity index (χ3n) is 3.52. The highest BCUT2D eigenvalue weighted by Gasteiger charge is 2.34. The number of nitrogens with one attached hydrogen (secondary N) is 1. The lowest BCUT2D eigenvalue weighted by Gasteiger charge is -2.15. The van der Waals surface area contributed by atoms with Crippen LogP contribution in [0.5, 0.6) is 5.75 Å². The molecule has 2 aromatic carbocycles. The molecule has 2 aromatic rings. The first-order chi connectivity index (χ1) is 13.6. The van der Waals surface area contributed by atoms with Gasteiger partial charge in [-0.1, -0.05) is 33.6 Å². The normalized spacial score (nSPS) is 11.4. The lowest BCUT2D eigenvalue weighted by molar-refractivity contribution is -0.142. The topological polar surface area (TPSA) is 64.6 Å². The van der Waals surface area contributed by atoms with E-state index in [0.717, 1.165) is 22.7 Å². The van der Waals surface area contributed by atoms with Gasteiger partial charge < -0.3 is 14.8 Å². The van der Waals surface area contributed by atoms with Crippen LogP contribution in [-0.4, -0.2) is 25.6 Å². The van der Waals surface area contributed by atoms with Crippen molar-refractivity contribution in [1.29, 1.82) is 0 Å².